The molecule has 8 heteroatoms. The molecule has 0 aromatic heterocycles. The minimum atomic E-state index is -3.06. The van der Waals surface area contributed by atoms with E-state index in [0.717, 1.165) is 0 Å². The van der Waals surface area contributed by atoms with Crippen molar-refractivity contribution in [1.82, 2.24) is 0 Å². The zero-order valence-electron chi connectivity index (χ0n) is 10.7. The molecule has 0 aliphatic carbocycles. The first-order valence-corrected chi connectivity index (χ1v) is 8.92. The minimum absolute atomic E-state index is 0.00584. The summed E-state index contributed by atoms with van der Waals surface area (Å²) < 4.78 is 37.6. The number of hydrogen-bond donors (Lipinski definition) is 2. The van der Waals surface area contributed by atoms with Crippen molar-refractivity contribution in [2.75, 3.05) is 16.8 Å². The molecule has 3 N–H and O–H groups in total. The molecule has 1 unspecified atom stereocenters. The third-order valence-electron chi connectivity index (χ3n) is 3.29. The van der Waals surface area contributed by atoms with Gasteiger partial charge in [0.2, 0.25) is 0 Å². The largest absolute Gasteiger partial charge is 0.389 e. The smallest absolute Gasteiger partial charge is 0.161 e. The molecule has 0 saturated carbocycles. The Kier molecular flexibility index (Phi) is 4.10. The molecular formula is C12H14BrFN2O2S2. The van der Waals surface area contributed by atoms with Gasteiger partial charge in [-0.15, -0.1) is 0 Å². The molecular weight excluding hydrogens is 367 g/mol. The second-order valence-corrected chi connectivity index (χ2v) is 8.60. The summed E-state index contributed by atoms with van der Waals surface area (Å²) in [6, 6.07) is 3.12. The Hall–Kier alpha value is -0.730. The van der Waals surface area contributed by atoms with Gasteiger partial charge in [-0.2, -0.15) is 0 Å². The second-order valence-electron chi connectivity index (χ2n) is 5.18. The highest BCUT2D eigenvalue weighted by Gasteiger charge is 2.38. The molecule has 4 nitrogen and oxygen atoms in total. The van der Waals surface area contributed by atoms with E-state index in [4.69, 9.17) is 18.0 Å². The fourth-order valence-corrected chi connectivity index (χ4v) is 5.22. The summed E-state index contributed by atoms with van der Waals surface area (Å²) in [5.74, 6) is -0.418. The summed E-state index contributed by atoms with van der Waals surface area (Å²) in [6.07, 6.45) is 0.448. The molecule has 1 atom stereocenters. The first kappa shape index (κ1) is 15.7. The molecule has 1 aromatic carbocycles. The van der Waals surface area contributed by atoms with Gasteiger partial charge in [0.05, 0.1) is 21.7 Å². The summed E-state index contributed by atoms with van der Waals surface area (Å²) >= 11 is 7.95. The highest BCUT2D eigenvalue weighted by atomic mass is 79.9. The number of hydrogen-bond acceptors (Lipinski definition) is 4. The first-order chi connectivity index (χ1) is 9.14. The van der Waals surface area contributed by atoms with Crippen molar-refractivity contribution in [3.63, 3.8) is 0 Å². The van der Waals surface area contributed by atoms with E-state index in [2.05, 4.69) is 21.2 Å². The summed E-state index contributed by atoms with van der Waals surface area (Å²) in [7, 11) is -3.06. The lowest BCUT2D eigenvalue weighted by Crippen LogP contribution is -2.36. The normalized spacial score (nSPS) is 24.6. The minimum Gasteiger partial charge on any atom is -0.389 e. The Morgan fingerprint density at radius 1 is 1.55 bits per heavy atom. The number of anilines is 1. The topological polar surface area (TPSA) is 72.2 Å². The van der Waals surface area contributed by atoms with E-state index in [0.29, 0.717) is 12.0 Å². The number of halogens is 2. The molecule has 1 heterocycles. The number of sulfone groups is 1. The Bertz CT molecular complexity index is 678. The van der Waals surface area contributed by atoms with Gasteiger partial charge in [0.1, 0.15) is 4.99 Å². The zero-order chi connectivity index (χ0) is 15.1. The van der Waals surface area contributed by atoms with Crippen LogP contribution in [0.1, 0.15) is 18.9 Å². The van der Waals surface area contributed by atoms with Gasteiger partial charge in [0, 0.05) is 11.1 Å². The summed E-state index contributed by atoms with van der Waals surface area (Å²) in [4.78, 5) is 0.0944. The molecule has 110 valence electrons. The van der Waals surface area contributed by atoms with Crippen LogP contribution in [0.25, 0.3) is 0 Å². The summed E-state index contributed by atoms with van der Waals surface area (Å²) in [5.41, 5.74) is 5.47. The average molecular weight is 381 g/mol. The lowest BCUT2D eigenvalue weighted by atomic mass is 10.0. The summed E-state index contributed by atoms with van der Waals surface area (Å²) in [6.45, 7) is 1.77. The Balaban J connectivity index is 2.32. The van der Waals surface area contributed by atoms with E-state index in [1.807, 2.05) is 0 Å². The predicted octanol–water partition coefficient (Wildman–Crippen LogP) is 2.21. The quantitative estimate of drug-likeness (QED) is 0.786. The molecule has 0 spiro atoms. The van der Waals surface area contributed by atoms with Crippen LogP contribution in [0.15, 0.2) is 16.6 Å². The highest BCUT2D eigenvalue weighted by molar-refractivity contribution is 9.10. The number of benzene rings is 1. The lowest BCUT2D eigenvalue weighted by Gasteiger charge is -2.26. The lowest BCUT2D eigenvalue weighted by molar-refractivity contribution is 0.560. The fourth-order valence-electron chi connectivity index (χ4n) is 2.27. The average Bonchev–Trinajstić information content (AvgIpc) is 2.59. The van der Waals surface area contributed by atoms with Crippen molar-refractivity contribution >= 4 is 48.7 Å². The molecule has 1 fully saturated rings. The van der Waals surface area contributed by atoms with Gasteiger partial charge in [-0.3, -0.25) is 0 Å². The molecule has 1 aromatic rings. The standard InChI is InChI=1S/C12H14BrFN2O2S2/c1-12(4-5-20(17,18)6-12)16-8-3-2-7(11(15)19)9(13)10(8)14/h2-3,16H,4-6H2,1H3,(H2,15,19). The van der Waals surface area contributed by atoms with E-state index in [9.17, 15) is 12.8 Å². The van der Waals surface area contributed by atoms with Gasteiger partial charge in [0.15, 0.2) is 15.7 Å². The van der Waals surface area contributed by atoms with Gasteiger partial charge < -0.3 is 11.1 Å². The van der Waals surface area contributed by atoms with Crippen LogP contribution in [0, 0.1) is 5.82 Å². The fraction of sp³-hybridized carbons (Fsp3) is 0.417. The van der Waals surface area contributed by atoms with Crippen molar-refractivity contribution in [2.45, 2.75) is 18.9 Å². The maximum absolute atomic E-state index is 14.3. The van der Waals surface area contributed by atoms with Gasteiger partial charge in [-0.1, -0.05) is 12.2 Å². The molecule has 1 saturated heterocycles. The van der Waals surface area contributed by atoms with Gasteiger partial charge in [-0.05, 0) is 41.4 Å². The van der Waals surface area contributed by atoms with E-state index in [1.165, 1.54) is 6.07 Å². The SMILES string of the molecule is CC1(Nc2ccc(C(N)=S)c(Br)c2F)CCS(=O)(=O)C1. The maximum atomic E-state index is 14.3. The van der Waals surface area contributed by atoms with Crippen molar-refractivity contribution in [2.24, 2.45) is 5.73 Å². The van der Waals surface area contributed by atoms with Crippen molar-refractivity contribution < 1.29 is 12.8 Å². The number of rotatable bonds is 3. The van der Waals surface area contributed by atoms with Crippen LogP contribution < -0.4 is 11.1 Å². The van der Waals surface area contributed by atoms with E-state index in [1.54, 1.807) is 13.0 Å². The van der Waals surface area contributed by atoms with Crippen LogP contribution in [0.3, 0.4) is 0 Å². The Labute approximate surface area is 131 Å². The second kappa shape index (κ2) is 5.23. The third kappa shape index (κ3) is 3.12. The highest BCUT2D eigenvalue weighted by Crippen LogP contribution is 2.32. The van der Waals surface area contributed by atoms with Gasteiger partial charge in [0.25, 0.3) is 0 Å². The van der Waals surface area contributed by atoms with Crippen LogP contribution in [0.5, 0.6) is 0 Å². The molecule has 0 radical (unpaired) electrons. The van der Waals surface area contributed by atoms with Gasteiger partial charge >= 0.3 is 0 Å². The van der Waals surface area contributed by atoms with Crippen LogP contribution in [-0.4, -0.2) is 30.5 Å². The Morgan fingerprint density at radius 2 is 2.20 bits per heavy atom. The molecule has 1 aliphatic heterocycles. The number of nitrogens with one attached hydrogen (secondary N) is 1. The third-order valence-corrected chi connectivity index (χ3v) is 6.19. The molecule has 0 bridgehead atoms. The molecule has 0 amide bonds. The van der Waals surface area contributed by atoms with Crippen molar-refractivity contribution in [1.29, 1.82) is 0 Å². The first-order valence-electron chi connectivity index (χ1n) is 5.90. The van der Waals surface area contributed by atoms with Crippen LogP contribution in [0.4, 0.5) is 10.1 Å². The van der Waals surface area contributed by atoms with E-state index >= 15 is 0 Å². The van der Waals surface area contributed by atoms with Crippen LogP contribution in [-0.2, 0) is 9.84 Å². The summed E-state index contributed by atoms with van der Waals surface area (Å²) in [5, 5.41) is 2.98. The maximum Gasteiger partial charge on any atom is 0.161 e. The van der Waals surface area contributed by atoms with Crippen LogP contribution in [0.2, 0.25) is 0 Å². The molecule has 2 rings (SSSR count). The van der Waals surface area contributed by atoms with Crippen molar-refractivity contribution in [3.8, 4) is 0 Å². The van der Waals surface area contributed by atoms with E-state index in [-0.39, 0.29) is 26.7 Å². The Morgan fingerprint density at radius 3 is 2.70 bits per heavy atom. The monoisotopic (exact) mass is 380 g/mol. The number of nitrogens with two attached hydrogens (primary N) is 1. The molecule has 1 aliphatic rings. The number of thiocarbonyl (C=S) groups is 1. The zero-order valence-corrected chi connectivity index (χ0v) is 14.0. The predicted molar refractivity (Wildman–Crippen MR) is 85.3 cm³/mol. The van der Waals surface area contributed by atoms with Gasteiger partial charge in [-0.25, -0.2) is 12.8 Å². The van der Waals surface area contributed by atoms with Crippen LogP contribution >= 0.6 is 28.1 Å². The van der Waals surface area contributed by atoms with E-state index < -0.39 is 21.2 Å². The van der Waals surface area contributed by atoms with Crippen molar-refractivity contribution in [3.05, 3.63) is 28.0 Å². The molecule has 20 heavy (non-hydrogen) atoms.